The van der Waals surface area contributed by atoms with Gasteiger partial charge in [-0.25, -0.2) is 9.59 Å². The number of ether oxygens (including phenoxy) is 3. The summed E-state index contributed by atoms with van der Waals surface area (Å²) in [6.45, 7) is 2.12. The van der Waals surface area contributed by atoms with Crippen LogP contribution in [0.4, 0.5) is 10.5 Å². The highest BCUT2D eigenvalue weighted by Crippen LogP contribution is 2.23. The zero-order chi connectivity index (χ0) is 17.4. The summed E-state index contributed by atoms with van der Waals surface area (Å²) in [7, 11) is 1.46. The fraction of sp³-hybridized carbons (Fsp3) is 0.222. The minimum atomic E-state index is -0.612. The van der Waals surface area contributed by atoms with Crippen LogP contribution in [0.15, 0.2) is 48.5 Å². The van der Waals surface area contributed by atoms with Crippen LogP contribution in [0.25, 0.3) is 0 Å². The zero-order valence-electron chi connectivity index (χ0n) is 13.6. The third kappa shape index (κ3) is 4.74. The highest BCUT2D eigenvalue weighted by atomic mass is 16.5. The van der Waals surface area contributed by atoms with Crippen molar-refractivity contribution in [3.05, 3.63) is 59.7 Å². The molecule has 1 N–H and O–H groups in total. The first-order valence-corrected chi connectivity index (χ1v) is 7.47. The molecule has 2 rings (SSSR count). The molecule has 0 heterocycles. The minimum Gasteiger partial charge on any atom is -0.496 e. The normalized spacial score (nSPS) is 9.92. The summed E-state index contributed by atoms with van der Waals surface area (Å²) in [5, 5.41) is 2.58. The van der Waals surface area contributed by atoms with E-state index in [-0.39, 0.29) is 18.8 Å². The van der Waals surface area contributed by atoms with Gasteiger partial charge < -0.3 is 14.2 Å². The number of carbonyl (C=O) groups excluding carboxylic acids is 2. The molecule has 0 fully saturated rings. The summed E-state index contributed by atoms with van der Waals surface area (Å²) in [5.41, 5.74) is 1.53. The average molecular weight is 329 g/mol. The van der Waals surface area contributed by atoms with E-state index in [0.717, 1.165) is 5.56 Å². The minimum absolute atomic E-state index is 0.160. The molecule has 0 saturated heterocycles. The third-order valence-electron chi connectivity index (χ3n) is 3.15. The van der Waals surface area contributed by atoms with Crippen LogP contribution < -0.4 is 10.1 Å². The van der Waals surface area contributed by atoms with E-state index in [0.29, 0.717) is 11.4 Å². The molecule has 6 nitrogen and oxygen atoms in total. The molecule has 0 radical (unpaired) electrons. The maximum atomic E-state index is 11.9. The van der Waals surface area contributed by atoms with Crippen molar-refractivity contribution in [1.29, 1.82) is 0 Å². The first-order chi connectivity index (χ1) is 11.6. The predicted octanol–water partition coefficient (Wildman–Crippen LogP) is 3.62. The number of anilines is 1. The van der Waals surface area contributed by atoms with Gasteiger partial charge in [-0.15, -0.1) is 0 Å². The lowest BCUT2D eigenvalue weighted by Crippen LogP contribution is -2.14. The number of rotatable bonds is 6. The monoisotopic (exact) mass is 329 g/mol. The maximum absolute atomic E-state index is 11.9. The Bertz CT molecular complexity index is 700. The Morgan fingerprint density at radius 2 is 1.79 bits per heavy atom. The standard InChI is InChI=1S/C18H19NO5/c1-3-23-17(20)15-11-14(9-10-16(15)22-2)19-18(21)24-12-13-7-5-4-6-8-13/h4-11H,3,12H2,1-2H3,(H,19,21). The van der Waals surface area contributed by atoms with Gasteiger partial charge in [0.1, 0.15) is 17.9 Å². The lowest BCUT2D eigenvalue weighted by molar-refractivity contribution is 0.0522. The van der Waals surface area contributed by atoms with Gasteiger partial charge in [0, 0.05) is 5.69 Å². The largest absolute Gasteiger partial charge is 0.496 e. The number of amides is 1. The van der Waals surface area contributed by atoms with Crippen LogP contribution in [0, 0.1) is 0 Å². The van der Waals surface area contributed by atoms with Crippen molar-refractivity contribution in [2.45, 2.75) is 13.5 Å². The van der Waals surface area contributed by atoms with Crippen molar-refractivity contribution in [3.63, 3.8) is 0 Å². The van der Waals surface area contributed by atoms with E-state index < -0.39 is 12.1 Å². The smallest absolute Gasteiger partial charge is 0.411 e. The van der Waals surface area contributed by atoms with Gasteiger partial charge >= 0.3 is 12.1 Å². The highest BCUT2D eigenvalue weighted by Gasteiger charge is 2.15. The van der Waals surface area contributed by atoms with Gasteiger partial charge in [0.25, 0.3) is 0 Å². The molecule has 6 heteroatoms. The number of carbonyl (C=O) groups is 2. The molecular formula is C18H19NO5. The fourth-order valence-corrected chi connectivity index (χ4v) is 2.03. The van der Waals surface area contributed by atoms with Crippen molar-refractivity contribution < 1.29 is 23.8 Å². The van der Waals surface area contributed by atoms with Crippen molar-refractivity contribution in [3.8, 4) is 5.75 Å². The molecule has 1 amide bonds. The lowest BCUT2D eigenvalue weighted by Gasteiger charge is -2.11. The van der Waals surface area contributed by atoms with Crippen LogP contribution in [0.3, 0.4) is 0 Å². The number of nitrogens with one attached hydrogen (secondary N) is 1. The Morgan fingerprint density at radius 3 is 2.46 bits per heavy atom. The highest BCUT2D eigenvalue weighted by molar-refractivity contribution is 5.95. The topological polar surface area (TPSA) is 73.9 Å². The molecule has 0 aromatic heterocycles. The van der Waals surface area contributed by atoms with Gasteiger partial charge in [-0.3, -0.25) is 5.32 Å². The SMILES string of the molecule is CCOC(=O)c1cc(NC(=O)OCc2ccccc2)ccc1OC. The van der Waals surface area contributed by atoms with Crippen molar-refractivity contribution in [1.82, 2.24) is 0 Å². The second kappa shape index (κ2) is 8.57. The quantitative estimate of drug-likeness (QED) is 0.819. The first-order valence-electron chi connectivity index (χ1n) is 7.47. The molecule has 0 saturated carbocycles. The number of esters is 1. The van der Waals surface area contributed by atoms with Crippen LogP contribution in [0.2, 0.25) is 0 Å². The summed E-state index contributed by atoms with van der Waals surface area (Å²) in [6, 6.07) is 14.0. The van der Waals surface area contributed by atoms with Crippen LogP contribution in [0.5, 0.6) is 5.75 Å². The van der Waals surface area contributed by atoms with E-state index in [9.17, 15) is 9.59 Å². The molecule has 0 bridgehead atoms. The molecule has 0 unspecified atom stereocenters. The predicted molar refractivity (Wildman–Crippen MR) is 89.2 cm³/mol. The molecule has 2 aromatic rings. The number of hydrogen-bond donors (Lipinski definition) is 1. The Hall–Kier alpha value is -3.02. The molecule has 0 spiro atoms. The molecule has 2 aromatic carbocycles. The van der Waals surface area contributed by atoms with Gasteiger partial charge in [-0.05, 0) is 30.7 Å². The van der Waals surface area contributed by atoms with Crippen molar-refractivity contribution >= 4 is 17.7 Å². The summed E-state index contributed by atoms with van der Waals surface area (Å²) < 4.78 is 15.2. The van der Waals surface area contributed by atoms with Crippen molar-refractivity contribution in [2.75, 3.05) is 19.0 Å². The Kier molecular flexibility index (Phi) is 6.19. The Balaban J connectivity index is 2.02. The first kappa shape index (κ1) is 17.3. The molecule has 0 aliphatic carbocycles. The van der Waals surface area contributed by atoms with Crippen LogP contribution in [-0.2, 0) is 16.1 Å². The zero-order valence-corrected chi connectivity index (χ0v) is 13.6. The second-order valence-electron chi connectivity index (χ2n) is 4.82. The summed E-state index contributed by atoms with van der Waals surface area (Å²) in [4.78, 5) is 23.8. The lowest BCUT2D eigenvalue weighted by atomic mass is 10.2. The van der Waals surface area contributed by atoms with E-state index in [1.165, 1.54) is 13.2 Å². The van der Waals surface area contributed by atoms with Gasteiger partial charge in [-0.1, -0.05) is 30.3 Å². The number of hydrogen-bond acceptors (Lipinski definition) is 5. The van der Waals surface area contributed by atoms with Crippen LogP contribution in [0.1, 0.15) is 22.8 Å². The molecular weight excluding hydrogens is 310 g/mol. The van der Waals surface area contributed by atoms with Crippen LogP contribution >= 0.6 is 0 Å². The molecule has 24 heavy (non-hydrogen) atoms. The fourth-order valence-electron chi connectivity index (χ4n) is 2.03. The molecule has 0 aliphatic heterocycles. The van der Waals surface area contributed by atoms with Gasteiger partial charge in [0.15, 0.2) is 0 Å². The number of benzene rings is 2. The second-order valence-corrected chi connectivity index (χ2v) is 4.82. The average Bonchev–Trinajstić information content (AvgIpc) is 2.61. The van der Waals surface area contributed by atoms with Gasteiger partial charge in [0.05, 0.1) is 13.7 Å². The Morgan fingerprint density at radius 1 is 1.04 bits per heavy atom. The maximum Gasteiger partial charge on any atom is 0.411 e. The Labute approximate surface area is 140 Å². The van der Waals surface area contributed by atoms with E-state index in [2.05, 4.69) is 5.32 Å². The van der Waals surface area contributed by atoms with E-state index in [1.54, 1.807) is 19.1 Å². The van der Waals surface area contributed by atoms with Crippen molar-refractivity contribution in [2.24, 2.45) is 0 Å². The van der Waals surface area contributed by atoms with E-state index in [1.807, 2.05) is 30.3 Å². The molecule has 0 atom stereocenters. The van der Waals surface area contributed by atoms with E-state index in [4.69, 9.17) is 14.2 Å². The van der Waals surface area contributed by atoms with Gasteiger partial charge in [0.2, 0.25) is 0 Å². The summed E-state index contributed by atoms with van der Waals surface area (Å²) in [6.07, 6.45) is -0.612. The summed E-state index contributed by atoms with van der Waals surface area (Å²) >= 11 is 0. The van der Waals surface area contributed by atoms with Gasteiger partial charge in [-0.2, -0.15) is 0 Å². The molecule has 0 aliphatic rings. The number of methoxy groups -OCH3 is 1. The summed E-state index contributed by atoms with van der Waals surface area (Å²) in [5.74, 6) is -0.146. The molecule has 126 valence electrons. The van der Waals surface area contributed by atoms with E-state index >= 15 is 0 Å². The third-order valence-corrected chi connectivity index (χ3v) is 3.15. The van der Waals surface area contributed by atoms with Crippen LogP contribution in [-0.4, -0.2) is 25.8 Å².